The number of unbranched alkanes of at least 4 members (excludes halogenated alkanes) is 10. The minimum Gasteiger partial charge on any atom is -0.399 e. The first-order chi connectivity index (χ1) is 15.1. The Morgan fingerprint density at radius 1 is 0.645 bits per heavy atom. The summed E-state index contributed by atoms with van der Waals surface area (Å²) in [6.45, 7) is 2.69. The van der Waals surface area contributed by atoms with Gasteiger partial charge in [0, 0.05) is 23.4 Å². The number of nitrogens with zero attached hydrogens (tertiary/aromatic N) is 1. The van der Waals surface area contributed by atoms with Gasteiger partial charge in [-0.3, -0.25) is 14.5 Å². The highest BCUT2D eigenvalue weighted by Crippen LogP contribution is 2.15. The number of carbonyl (C=O) groups is 2. The van der Waals surface area contributed by atoms with Crippen molar-refractivity contribution >= 4 is 17.5 Å². The van der Waals surface area contributed by atoms with Crippen molar-refractivity contribution in [2.75, 3.05) is 12.3 Å². The number of hydrogen-bond acceptors (Lipinski definition) is 3. The molecule has 0 heterocycles. The summed E-state index contributed by atoms with van der Waals surface area (Å²) < 4.78 is 0. The Kier molecular flexibility index (Phi) is 11.4. The number of nitrogen functional groups attached to an aromatic ring is 1. The number of carbonyl (C=O) groups excluding carboxylic acids is 2. The molecular weight excluding hydrogens is 384 g/mol. The lowest BCUT2D eigenvalue weighted by Crippen LogP contribution is -2.37. The molecule has 2 aromatic carbocycles. The van der Waals surface area contributed by atoms with Gasteiger partial charge in [-0.25, -0.2) is 0 Å². The predicted molar refractivity (Wildman–Crippen MR) is 129 cm³/mol. The highest BCUT2D eigenvalue weighted by atomic mass is 16.2. The van der Waals surface area contributed by atoms with Crippen LogP contribution in [0.25, 0.3) is 0 Å². The molecule has 2 N–H and O–H groups in total. The van der Waals surface area contributed by atoms with Crippen LogP contribution in [0, 0.1) is 0 Å². The van der Waals surface area contributed by atoms with Crippen LogP contribution in [0.5, 0.6) is 0 Å². The van der Waals surface area contributed by atoms with Gasteiger partial charge in [-0.2, -0.15) is 0 Å². The molecule has 31 heavy (non-hydrogen) atoms. The third kappa shape index (κ3) is 8.95. The highest BCUT2D eigenvalue weighted by Gasteiger charge is 2.23. The van der Waals surface area contributed by atoms with E-state index in [2.05, 4.69) is 6.92 Å². The molecule has 0 saturated carbocycles. The second kappa shape index (κ2) is 14.4. The summed E-state index contributed by atoms with van der Waals surface area (Å²) in [5, 5.41) is 0. The maximum atomic E-state index is 13.0. The molecule has 0 spiro atoms. The van der Waals surface area contributed by atoms with E-state index in [1.165, 1.54) is 56.3 Å². The van der Waals surface area contributed by atoms with Crippen molar-refractivity contribution in [2.24, 2.45) is 0 Å². The Bertz CT molecular complexity index is 772. The van der Waals surface area contributed by atoms with Gasteiger partial charge in [0.15, 0.2) is 0 Å². The average Bonchev–Trinajstić information content (AvgIpc) is 2.80. The zero-order chi connectivity index (χ0) is 22.3. The Balaban J connectivity index is 1.82. The number of nitrogens with two attached hydrogens (primary N) is 1. The minimum absolute atomic E-state index is 0.241. The number of amides is 2. The summed E-state index contributed by atoms with van der Waals surface area (Å²) in [5.74, 6) is -0.504. The lowest BCUT2D eigenvalue weighted by atomic mass is 10.1. The molecule has 0 aliphatic rings. The van der Waals surface area contributed by atoms with Gasteiger partial charge in [-0.05, 0) is 42.8 Å². The molecule has 0 aliphatic carbocycles. The van der Waals surface area contributed by atoms with Crippen molar-refractivity contribution in [3.63, 3.8) is 0 Å². The largest absolute Gasteiger partial charge is 0.399 e. The summed E-state index contributed by atoms with van der Waals surface area (Å²) in [6.07, 6.45) is 13.6. The van der Waals surface area contributed by atoms with E-state index in [4.69, 9.17) is 5.73 Å². The Hall–Kier alpha value is -2.62. The standard InChI is InChI=1S/C27H38N2O2/c1-2-3-4-5-6-7-8-9-10-11-15-22-29(26(30)23-16-13-12-14-17-23)27(31)24-18-20-25(28)21-19-24/h12-14,16-21H,2-11,15,22,28H2,1H3. The molecule has 0 saturated heterocycles. The van der Waals surface area contributed by atoms with Crippen LogP contribution in [0.4, 0.5) is 5.69 Å². The molecule has 2 aromatic rings. The summed E-state index contributed by atoms with van der Waals surface area (Å²) in [4.78, 5) is 27.5. The molecule has 0 radical (unpaired) electrons. The van der Waals surface area contributed by atoms with E-state index in [-0.39, 0.29) is 11.8 Å². The fraction of sp³-hybridized carbons (Fsp3) is 0.481. The normalized spacial score (nSPS) is 10.7. The van der Waals surface area contributed by atoms with Gasteiger partial charge < -0.3 is 5.73 Å². The van der Waals surface area contributed by atoms with Crippen molar-refractivity contribution in [3.8, 4) is 0 Å². The fourth-order valence-corrected chi connectivity index (χ4v) is 3.75. The molecule has 0 aliphatic heterocycles. The van der Waals surface area contributed by atoms with E-state index in [0.29, 0.717) is 23.4 Å². The smallest absolute Gasteiger partial charge is 0.260 e. The van der Waals surface area contributed by atoms with Gasteiger partial charge >= 0.3 is 0 Å². The molecule has 4 heteroatoms. The topological polar surface area (TPSA) is 63.4 Å². The number of imide groups is 1. The lowest BCUT2D eigenvalue weighted by molar-refractivity contribution is 0.0613. The van der Waals surface area contributed by atoms with Crippen LogP contribution in [0.15, 0.2) is 54.6 Å². The Morgan fingerprint density at radius 3 is 1.61 bits per heavy atom. The third-order valence-electron chi connectivity index (χ3n) is 5.65. The second-order valence-electron chi connectivity index (χ2n) is 8.29. The van der Waals surface area contributed by atoms with Gasteiger partial charge in [0.05, 0.1) is 0 Å². The van der Waals surface area contributed by atoms with Crippen molar-refractivity contribution in [2.45, 2.75) is 77.6 Å². The molecule has 0 unspecified atom stereocenters. The van der Waals surface area contributed by atoms with Crippen LogP contribution in [0.1, 0.15) is 98.3 Å². The molecule has 2 amide bonds. The van der Waals surface area contributed by atoms with Gasteiger partial charge in [-0.15, -0.1) is 0 Å². The number of rotatable bonds is 14. The maximum Gasteiger partial charge on any atom is 0.260 e. The molecule has 0 atom stereocenters. The fourth-order valence-electron chi connectivity index (χ4n) is 3.75. The van der Waals surface area contributed by atoms with Gasteiger partial charge in [-0.1, -0.05) is 89.3 Å². The summed E-state index contributed by atoms with van der Waals surface area (Å²) in [5.41, 5.74) is 7.36. The summed E-state index contributed by atoms with van der Waals surface area (Å²) in [6, 6.07) is 15.8. The van der Waals surface area contributed by atoms with Crippen LogP contribution in [0.3, 0.4) is 0 Å². The third-order valence-corrected chi connectivity index (χ3v) is 5.65. The maximum absolute atomic E-state index is 13.0. The van der Waals surface area contributed by atoms with E-state index in [1.54, 1.807) is 36.4 Å². The number of benzene rings is 2. The van der Waals surface area contributed by atoms with Gasteiger partial charge in [0.25, 0.3) is 11.8 Å². The van der Waals surface area contributed by atoms with Crippen molar-refractivity contribution in [3.05, 3.63) is 65.7 Å². The number of hydrogen-bond donors (Lipinski definition) is 1. The highest BCUT2D eigenvalue weighted by molar-refractivity contribution is 6.10. The zero-order valence-electron chi connectivity index (χ0n) is 19.0. The van der Waals surface area contributed by atoms with E-state index in [9.17, 15) is 9.59 Å². The summed E-state index contributed by atoms with van der Waals surface area (Å²) in [7, 11) is 0. The first kappa shape index (κ1) is 24.6. The Labute approximate surface area is 187 Å². The van der Waals surface area contributed by atoms with E-state index in [1.807, 2.05) is 18.2 Å². The van der Waals surface area contributed by atoms with Crippen molar-refractivity contribution < 1.29 is 9.59 Å². The lowest BCUT2D eigenvalue weighted by Gasteiger charge is -2.21. The number of anilines is 1. The molecule has 0 bridgehead atoms. The van der Waals surface area contributed by atoms with Crippen molar-refractivity contribution in [1.29, 1.82) is 0 Å². The monoisotopic (exact) mass is 422 g/mol. The molecule has 4 nitrogen and oxygen atoms in total. The minimum atomic E-state index is -0.263. The second-order valence-corrected chi connectivity index (χ2v) is 8.29. The van der Waals surface area contributed by atoms with Gasteiger partial charge in [0.1, 0.15) is 0 Å². The molecular formula is C27H38N2O2. The molecule has 2 rings (SSSR count). The summed E-state index contributed by atoms with van der Waals surface area (Å²) >= 11 is 0. The molecule has 168 valence electrons. The van der Waals surface area contributed by atoms with E-state index < -0.39 is 0 Å². The molecule has 0 aromatic heterocycles. The quantitative estimate of drug-likeness (QED) is 0.205. The zero-order valence-corrected chi connectivity index (χ0v) is 19.0. The Morgan fingerprint density at radius 2 is 1.10 bits per heavy atom. The van der Waals surface area contributed by atoms with Crippen LogP contribution < -0.4 is 5.73 Å². The van der Waals surface area contributed by atoms with Crippen molar-refractivity contribution in [1.82, 2.24) is 4.90 Å². The van der Waals surface area contributed by atoms with Crippen LogP contribution in [-0.2, 0) is 0 Å². The van der Waals surface area contributed by atoms with E-state index in [0.717, 1.165) is 19.3 Å². The van der Waals surface area contributed by atoms with Crippen LogP contribution in [-0.4, -0.2) is 23.3 Å². The SMILES string of the molecule is CCCCCCCCCCCCCN(C(=O)c1ccccc1)C(=O)c1ccc(N)cc1. The first-order valence-corrected chi connectivity index (χ1v) is 11.9. The van der Waals surface area contributed by atoms with Crippen LogP contribution >= 0.6 is 0 Å². The van der Waals surface area contributed by atoms with Crippen LogP contribution in [0.2, 0.25) is 0 Å². The van der Waals surface area contributed by atoms with E-state index >= 15 is 0 Å². The average molecular weight is 423 g/mol. The predicted octanol–water partition coefficient (Wildman–Crippen LogP) is 6.86. The molecule has 0 fully saturated rings. The first-order valence-electron chi connectivity index (χ1n) is 11.9. The van der Waals surface area contributed by atoms with Gasteiger partial charge in [0.2, 0.25) is 0 Å².